The average Bonchev–Trinajstić information content (AvgIpc) is 2.60. The number of aliphatic hydroxyl groups is 1. The van der Waals surface area contributed by atoms with Crippen molar-refractivity contribution in [1.82, 2.24) is 0 Å². The van der Waals surface area contributed by atoms with Gasteiger partial charge in [-0.05, 0) is 30.6 Å². The highest BCUT2D eigenvalue weighted by atomic mass is 19.4. The Morgan fingerprint density at radius 2 is 2.12 bits per heavy atom. The van der Waals surface area contributed by atoms with Crippen LogP contribution in [0.3, 0.4) is 0 Å². The number of alkyl halides is 3. The van der Waals surface area contributed by atoms with E-state index in [-0.39, 0.29) is 5.76 Å². The molecule has 2 nitrogen and oxygen atoms in total. The van der Waals surface area contributed by atoms with Crippen LogP contribution < -0.4 is 0 Å². The Hall–Kier alpha value is -1.67. The average molecular weight is 230 g/mol. The molecule has 0 fully saturated rings. The fourth-order valence-electron chi connectivity index (χ4n) is 0.897. The first-order valence-corrected chi connectivity index (χ1v) is 4.32. The SMILES string of the molecule is C=C(C)C#Cc1ccc(C(O)C(F)(F)F)o1. The summed E-state index contributed by atoms with van der Waals surface area (Å²) in [4.78, 5) is 0. The van der Waals surface area contributed by atoms with Crippen LogP contribution in [0.5, 0.6) is 0 Å². The number of furan rings is 1. The molecular weight excluding hydrogens is 221 g/mol. The topological polar surface area (TPSA) is 33.4 Å². The van der Waals surface area contributed by atoms with Crippen molar-refractivity contribution in [2.24, 2.45) is 0 Å². The van der Waals surface area contributed by atoms with Crippen molar-refractivity contribution in [3.63, 3.8) is 0 Å². The summed E-state index contributed by atoms with van der Waals surface area (Å²) in [6, 6.07) is 2.31. The lowest BCUT2D eigenvalue weighted by molar-refractivity contribution is -0.211. The minimum Gasteiger partial charge on any atom is -0.450 e. The van der Waals surface area contributed by atoms with Gasteiger partial charge >= 0.3 is 6.18 Å². The molecule has 1 N–H and O–H groups in total. The number of allylic oxidation sites excluding steroid dienone is 1. The molecule has 1 heterocycles. The van der Waals surface area contributed by atoms with Crippen molar-refractivity contribution < 1.29 is 22.7 Å². The van der Waals surface area contributed by atoms with Gasteiger partial charge in [0.1, 0.15) is 5.76 Å². The van der Waals surface area contributed by atoms with Crippen LogP contribution in [0.25, 0.3) is 0 Å². The second-order valence-electron chi connectivity index (χ2n) is 3.18. The van der Waals surface area contributed by atoms with Crippen molar-refractivity contribution >= 4 is 0 Å². The fourth-order valence-corrected chi connectivity index (χ4v) is 0.897. The van der Waals surface area contributed by atoms with Crippen LogP contribution in [0.2, 0.25) is 0 Å². The van der Waals surface area contributed by atoms with Gasteiger partial charge in [-0.1, -0.05) is 12.5 Å². The molecule has 0 aliphatic rings. The largest absolute Gasteiger partial charge is 0.450 e. The van der Waals surface area contributed by atoms with Crippen molar-refractivity contribution in [3.8, 4) is 11.8 Å². The van der Waals surface area contributed by atoms with Crippen LogP contribution in [0, 0.1) is 11.8 Å². The number of rotatable bonds is 1. The van der Waals surface area contributed by atoms with E-state index in [0.29, 0.717) is 5.57 Å². The van der Waals surface area contributed by atoms with Crippen molar-refractivity contribution in [3.05, 3.63) is 35.8 Å². The third-order valence-electron chi connectivity index (χ3n) is 1.61. The van der Waals surface area contributed by atoms with Gasteiger partial charge in [-0.2, -0.15) is 13.2 Å². The Kier molecular flexibility index (Phi) is 3.45. The van der Waals surface area contributed by atoms with Crippen LogP contribution in [0.4, 0.5) is 13.2 Å². The molecule has 1 aromatic heterocycles. The summed E-state index contributed by atoms with van der Waals surface area (Å²) in [5, 5.41) is 8.86. The third kappa shape index (κ3) is 3.17. The first-order valence-electron chi connectivity index (χ1n) is 4.32. The summed E-state index contributed by atoms with van der Waals surface area (Å²) < 4.78 is 41.0. The van der Waals surface area contributed by atoms with Gasteiger partial charge in [0.05, 0.1) is 0 Å². The quantitative estimate of drug-likeness (QED) is 0.752. The molecule has 0 aromatic carbocycles. The summed E-state index contributed by atoms with van der Waals surface area (Å²) in [6.07, 6.45) is -7.36. The Balaban J connectivity index is 2.89. The van der Waals surface area contributed by atoms with Crippen molar-refractivity contribution in [2.45, 2.75) is 19.2 Å². The molecule has 5 heteroatoms. The lowest BCUT2D eigenvalue weighted by atomic mass is 10.3. The van der Waals surface area contributed by atoms with E-state index in [1.807, 2.05) is 0 Å². The summed E-state index contributed by atoms with van der Waals surface area (Å²) in [7, 11) is 0. The minimum absolute atomic E-state index is 0.0568. The third-order valence-corrected chi connectivity index (χ3v) is 1.61. The zero-order chi connectivity index (χ0) is 12.3. The van der Waals surface area contributed by atoms with Crippen molar-refractivity contribution in [1.29, 1.82) is 0 Å². The molecule has 0 aliphatic carbocycles. The monoisotopic (exact) mass is 230 g/mol. The zero-order valence-electron chi connectivity index (χ0n) is 8.43. The number of halogens is 3. The molecule has 86 valence electrons. The highest BCUT2D eigenvalue weighted by Gasteiger charge is 2.41. The van der Waals surface area contributed by atoms with Crippen molar-refractivity contribution in [2.75, 3.05) is 0 Å². The second-order valence-corrected chi connectivity index (χ2v) is 3.18. The molecule has 16 heavy (non-hydrogen) atoms. The molecule has 1 aromatic rings. The van der Waals surface area contributed by atoms with Crippen LogP contribution in [-0.4, -0.2) is 11.3 Å². The molecule has 0 radical (unpaired) electrons. The van der Waals surface area contributed by atoms with E-state index in [1.54, 1.807) is 6.92 Å². The van der Waals surface area contributed by atoms with Crippen LogP contribution >= 0.6 is 0 Å². The molecule has 0 amide bonds. The maximum atomic E-state index is 12.1. The summed E-state index contributed by atoms with van der Waals surface area (Å²) in [5.41, 5.74) is 0.564. The highest BCUT2D eigenvalue weighted by molar-refractivity contribution is 5.34. The molecule has 0 bridgehead atoms. The van der Waals surface area contributed by atoms with E-state index < -0.39 is 18.0 Å². The second kappa shape index (κ2) is 4.45. The van der Waals surface area contributed by atoms with Gasteiger partial charge in [-0.25, -0.2) is 0 Å². The number of hydrogen-bond acceptors (Lipinski definition) is 2. The molecular formula is C11H9F3O2. The molecule has 0 aliphatic heterocycles. The lowest BCUT2D eigenvalue weighted by Crippen LogP contribution is -2.19. The summed E-state index contributed by atoms with van der Waals surface area (Å²) >= 11 is 0. The fraction of sp³-hybridized carbons (Fsp3) is 0.273. The molecule has 0 spiro atoms. The normalized spacial score (nSPS) is 12.8. The van der Waals surface area contributed by atoms with E-state index in [0.717, 1.165) is 6.07 Å². The van der Waals surface area contributed by atoms with E-state index in [4.69, 9.17) is 9.52 Å². The van der Waals surface area contributed by atoms with E-state index in [2.05, 4.69) is 18.4 Å². The van der Waals surface area contributed by atoms with Gasteiger partial charge in [0.25, 0.3) is 0 Å². The first kappa shape index (κ1) is 12.4. The molecule has 1 unspecified atom stereocenters. The van der Waals surface area contributed by atoms with Crippen LogP contribution in [0.1, 0.15) is 24.5 Å². The molecule has 1 rings (SSSR count). The Morgan fingerprint density at radius 3 is 2.62 bits per heavy atom. The van der Waals surface area contributed by atoms with Gasteiger partial charge in [0.15, 0.2) is 5.76 Å². The van der Waals surface area contributed by atoms with E-state index in [9.17, 15) is 13.2 Å². The van der Waals surface area contributed by atoms with Gasteiger partial charge in [0, 0.05) is 0 Å². The predicted octanol–water partition coefficient (Wildman–Crippen LogP) is 2.80. The van der Waals surface area contributed by atoms with Gasteiger partial charge in [-0.15, -0.1) is 0 Å². The molecule has 0 saturated carbocycles. The predicted molar refractivity (Wildman–Crippen MR) is 51.4 cm³/mol. The Morgan fingerprint density at radius 1 is 1.50 bits per heavy atom. The molecule has 0 saturated heterocycles. The smallest absolute Gasteiger partial charge is 0.421 e. The van der Waals surface area contributed by atoms with E-state index >= 15 is 0 Å². The van der Waals surface area contributed by atoms with Crippen LogP contribution in [-0.2, 0) is 0 Å². The summed E-state index contributed by atoms with van der Waals surface area (Å²) in [5.74, 6) is 4.51. The van der Waals surface area contributed by atoms with E-state index in [1.165, 1.54) is 6.07 Å². The first-order chi connectivity index (χ1) is 7.30. The summed E-state index contributed by atoms with van der Waals surface area (Å²) in [6.45, 7) is 5.16. The Labute approximate surface area is 90.4 Å². The Bertz CT molecular complexity index is 446. The number of hydrogen-bond donors (Lipinski definition) is 1. The van der Waals surface area contributed by atoms with Gasteiger partial charge < -0.3 is 9.52 Å². The molecule has 1 atom stereocenters. The van der Waals surface area contributed by atoms with Gasteiger partial charge in [-0.3, -0.25) is 0 Å². The minimum atomic E-state index is -4.74. The maximum absolute atomic E-state index is 12.1. The standard InChI is InChI=1S/C11H9F3O2/c1-7(2)3-4-8-5-6-9(16-8)10(15)11(12,13)14/h5-6,10,15H,1H2,2H3. The number of aliphatic hydroxyl groups excluding tert-OH is 1. The highest BCUT2D eigenvalue weighted by Crippen LogP contribution is 2.33. The zero-order valence-corrected chi connectivity index (χ0v) is 8.43. The van der Waals surface area contributed by atoms with Gasteiger partial charge in [0.2, 0.25) is 6.10 Å². The maximum Gasteiger partial charge on any atom is 0.421 e. The van der Waals surface area contributed by atoms with Crippen LogP contribution in [0.15, 0.2) is 28.7 Å². The lowest BCUT2D eigenvalue weighted by Gasteiger charge is -2.10.